The van der Waals surface area contributed by atoms with Gasteiger partial charge in [0, 0.05) is 47.8 Å². The average molecular weight is 644 g/mol. The first kappa shape index (κ1) is 31.6. The molecule has 0 aromatic carbocycles. The Hall–Kier alpha value is -3.99. The molecule has 1 N–H and O–H groups in total. The van der Waals surface area contributed by atoms with Gasteiger partial charge in [0.15, 0.2) is 5.89 Å². The van der Waals surface area contributed by atoms with Crippen molar-refractivity contribution in [1.29, 1.82) is 0 Å². The summed E-state index contributed by atoms with van der Waals surface area (Å²) in [5.41, 5.74) is 3.67. The van der Waals surface area contributed by atoms with Crippen LogP contribution in [0, 0.1) is 18.8 Å². The number of pyridine rings is 2. The highest BCUT2D eigenvalue weighted by Crippen LogP contribution is 2.41. The smallest absolute Gasteiger partial charge is 0.407 e. The fourth-order valence-corrected chi connectivity index (χ4v) is 7.69. The number of nitrogens with zero attached hydrogens (tertiary/aromatic N) is 5. The van der Waals surface area contributed by atoms with E-state index in [1.54, 1.807) is 24.5 Å². The van der Waals surface area contributed by atoms with E-state index in [4.69, 9.17) is 28.8 Å². The summed E-state index contributed by atoms with van der Waals surface area (Å²) in [6.45, 7) is 3.48. The molecule has 3 aromatic heterocycles. The van der Waals surface area contributed by atoms with Crippen molar-refractivity contribution < 1.29 is 28.6 Å². The van der Waals surface area contributed by atoms with E-state index in [2.05, 4.69) is 6.07 Å². The van der Waals surface area contributed by atoms with Gasteiger partial charge < -0.3 is 19.0 Å². The molecule has 4 heterocycles. The predicted octanol–water partition coefficient (Wildman–Crippen LogP) is 6.57. The molecule has 2 amide bonds. The van der Waals surface area contributed by atoms with Crippen LogP contribution in [-0.4, -0.2) is 75.9 Å². The van der Waals surface area contributed by atoms with Crippen molar-refractivity contribution in [3.63, 3.8) is 0 Å². The largest absolute Gasteiger partial charge is 0.495 e. The van der Waals surface area contributed by atoms with E-state index in [0.717, 1.165) is 72.8 Å². The summed E-state index contributed by atoms with van der Waals surface area (Å²) in [5, 5.41) is 9.90. The fraction of sp³-hybridized carbons (Fsp3) is 0.583. The number of anilines is 1. The Morgan fingerprint density at radius 3 is 2.32 bits per heavy atom. The lowest BCUT2D eigenvalue weighted by atomic mass is 9.79. The standard InChI is InChI=1S/C36H45N5O6/c1-22-32(45-2)14-13-30(38-22)24-5-3-23(4-6-24)18-40(33-17-27(15-16-37-33)31-21-47-34(39-31)25-7-8-25)35(42)26-9-11-28(12-10-26)41(36(43)44)29-19-46-20-29/h13-17,21,23-26,28-29H,3-12,18-20H2,1-2H3,(H,43,44). The maximum Gasteiger partial charge on any atom is 0.407 e. The molecule has 4 aliphatic rings. The molecule has 11 heteroatoms. The number of rotatable bonds is 10. The Bertz CT molecular complexity index is 1570. The van der Waals surface area contributed by atoms with E-state index in [-0.39, 0.29) is 23.9 Å². The number of amides is 2. The van der Waals surface area contributed by atoms with Crippen LogP contribution in [0.2, 0.25) is 0 Å². The van der Waals surface area contributed by atoms with Crippen LogP contribution in [0.1, 0.15) is 93.3 Å². The first-order chi connectivity index (χ1) is 22.9. The van der Waals surface area contributed by atoms with E-state index in [1.165, 1.54) is 0 Å². The number of hydrogen-bond acceptors (Lipinski definition) is 8. The van der Waals surface area contributed by atoms with Gasteiger partial charge in [-0.25, -0.2) is 14.8 Å². The Morgan fingerprint density at radius 2 is 1.68 bits per heavy atom. The van der Waals surface area contributed by atoms with E-state index in [9.17, 15) is 14.7 Å². The molecule has 11 nitrogen and oxygen atoms in total. The number of oxazole rings is 1. The first-order valence-corrected chi connectivity index (χ1v) is 17.2. The van der Waals surface area contributed by atoms with Crippen LogP contribution in [0.15, 0.2) is 41.1 Å². The Labute approximate surface area is 275 Å². The zero-order chi connectivity index (χ0) is 32.5. The van der Waals surface area contributed by atoms with Gasteiger partial charge in [0.1, 0.15) is 23.5 Å². The molecule has 1 aliphatic heterocycles. The number of aromatic nitrogens is 3. The zero-order valence-corrected chi connectivity index (χ0v) is 27.3. The molecule has 3 saturated carbocycles. The fourth-order valence-electron chi connectivity index (χ4n) is 7.69. The average Bonchev–Trinajstić information content (AvgIpc) is 3.81. The topological polar surface area (TPSA) is 131 Å². The molecule has 0 bridgehead atoms. The maximum absolute atomic E-state index is 14.4. The van der Waals surface area contributed by atoms with Crippen molar-refractivity contribution in [2.45, 2.75) is 95.1 Å². The minimum absolute atomic E-state index is 0.0790. The second-order valence-electron chi connectivity index (χ2n) is 13.8. The third-order valence-electron chi connectivity index (χ3n) is 10.7. The number of aryl methyl sites for hydroxylation is 1. The summed E-state index contributed by atoms with van der Waals surface area (Å²) in [5.74, 6) is 3.27. The Kier molecular flexibility index (Phi) is 9.16. The van der Waals surface area contributed by atoms with Crippen LogP contribution >= 0.6 is 0 Å². The van der Waals surface area contributed by atoms with E-state index >= 15 is 0 Å². The summed E-state index contributed by atoms with van der Waals surface area (Å²) in [6.07, 6.45) is 11.5. The molecule has 0 atom stereocenters. The van der Waals surface area contributed by atoms with Crippen LogP contribution < -0.4 is 9.64 Å². The predicted molar refractivity (Wildman–Crippen MR) is 175 cm³/mol. The van der Waals surface area contributed by atoms with Crippen LogP contribution in [0.25, 0.3) is 11.3 Å². The van der Waals surface area contributed by atoms with Crippen molar-refractivity contribution in [2.75, 3.05) is 31.8 Å². The second-order valence-corrected chi connectivity index (χ2v) is 13.8. The third kappa shape index (κ3) is 6.86. The minimum Gasteiger partial charge on any atom is -0.495 e. The number of hydrogen-bond donors (Lipinski definition) is 1. The SMILES string of the molecule is COc1ccc(C2CCC(CN(C(=O)C3CCC(N(C(=O)O)C4COC4)CC3)c3cc(-c4coc(C5CC5)n4)ccn3)CC2)nc1C. The van der Waals surface area contributed by atoms with Gasteiger partial charge in [0.25, 0.3) is 0 Å². The zero-order valence-electron chi connectivity index (χ0n) is 27.3. The molecule has 250 valence electrons. The number of carbonyl (C=O) groups is 2. The lowest BCUT2D eigenvalue weighted by molar-refractivity contribution is -0.124. The highest BCUT2D eigenvalue weighted by molar-refractivity contribution is 5.94. The number of carboxylic acid groups (broad SMARTS) is 1. The van der Waals surface area contributed by atoms with Gasteiger partial charge in [0.2, 0.25) is 5.91 Å². The lowest BCUT2D eigenvalue weighted by Gasteiger charge is -2.43. The number of ether oxygens (including phenoxy) is 2. The lowest BCUT2D eigenvalue weighted by Crippen LogP contribution is -2.56. The van der Waals surface area contributed by atoms with E-state index < -0.39 is 6.09 Å². The molecule has 0 unspecified atom stereocenters. The van der Waals surface area contributed by atoms with Gasteiger partial charge in [-0.1, -0.05) is 0 Å². The van der Waals surface area contributed by atoms with Crippen molar-refractivity contribution in [1.82, 2.24) is 19.9 Å². The molecule has 4 fully saturated rings. The summed E-state index contributed by atoms with van der Waals surface area (Å²) in [7, 11) is 1.67. The van der Waals surface area contributed by atoms with Crippen molar-refractivity contribution in [3.05, 3.63) is 54.0 Å². The van der Waals surface area contributed by atoms with Gasteiger partial charge in [-0.15, -0.1) is 0 Å². The number of methoxy groups -OCH3 is 1. The second kappa shape index (κ2) is 13.6. The van der Waals surface area contributed by atoms with E-state index in [1.807, 2.05) is 30.0 Å². The van der Waals surface area contributed by atoms with Crippen molar-refractivity contribution >= 4 is 17.8 Å². The molecular weight excluding hydrogens is 598 g/mol. The van der Waals surface area contributed by atoms with Crippen molar-refractivity contribution in [3.8, 4) is 17.0 Å². The molecule has 7 rings (SSSR count). The molecule has 0 spiro atoms. The maximum atomic E-state index is 14.4. The first-order valence-electron chi connectivity index (χ1n) is 17.2. The van der Waals surface area contributed by atoms with Gasteiger partial charge in [-0.05, 0) is 101 Å². The van der Waals surface area contributed by atoms with Gasteiger partial charge in [0.05, 0.1) is 32.1 Å². The molecule has 0 radical (unpaired) electrons. The molecule has 3 aliphatic carbocycles. The highest BCUT2D eigenvalue weighted by Gasteiger charge is 2.40. The summed E-state index contributed by atoms with van der Waals surface area (Å²) in [4.78, 5) is 44.2. The van der Waals surface area contributed by atoms with Crippen molar-refractivity contribution in [2.24, 2.45) is 11.8 Å². The normalized spacial score (nSPS) is 24.7. The van der Waals surface area contributed by atoms with Gasteiger partial charge >= 0.3 is 6.09 Å². The summed E-state index contributed by atoms with van der Waals surface area (Å²) in [6, 6.07) is 7.81. The molecular formula is C36H45N5O6. The number of carbonyl (C=O) groups excluding carboxylic acids is 1. The molecule has 3 aromatic rings. The summed E-state index contributed by atoms with van der Waals surface area (Å²) >= 11 is 0. The monoisotopic (exact) mass is 643 g/mol. The minimum atomic E-state index is -0.899. The van der Waals surface area contributed by atoms with Gasteiger partial charge in [-0.2, -0.15) is 0 Å². The van der Waals surface area contributed by atoms with Gasteiger partial charge in [-0.3, -0.25) is 19.6 Å². The molecule has 47 heavy (non-hydrogen) atoms. The third-order valence-corrected chi connectivity index (χ3v) is 10.7. The van der Waals surface area contributed by atoms with E-state index in [0.29, 0.717) is 69.0 Å². The summed E-state index contributed by atoms with van der Waals surface area (Å²) < 4.78 is 16.5. The highest BCUT2D eigenvalue weighted by atomic mass is 16.5. The molecule has 1 saturated heterocycles. The van der Waals surface area contributed by atoms with Crippen LogP contribution in [0.5, 0.6) is 5.75 Å². The Balaban J connectivity index is 1.07. The van der Waals surface area contributed by atoms with Crippen LogP contribution in [0.4, 0.5) is 10.6 Å². The quantitative estimate of drug-likeness (QED) is 0.261. The van der Waals surface area contributed by atoms with Crippen LogP contribution in [-0.2, 0) is 9.53 Å². The van der Waals surface area contributed by atoms with Crippen LogP contribution in [0.3, 0.4) is 0 Å². The Morgan fingerprint density at radius 1 is 0.936 bits per heavy atom.